The number of aromatic amines is 1. The third-order valence-electron chi connectivity index (χ3n) is 5.66. The fraction of sp³-hybridized carbons (Fsp3) is 0.391. The van der Waals surface area contributed by atoms with E-state index in [1.807, 2.05) is 52.0 Å². The maximum absolute atomic E-state index is 13.8. The molecule has 0 spiro atoms. The lowest BCUT2D eigenvalue weighted by Gasteiger charge is -2.24. The smallest absolute Gasteiger partial charge is 0.305 e. The third-order valence-corrected chi connectivity index (χ3v) is 5.66. The van der Waals surface area contributed by atoms with Crippen LogP contribution in [0, 0.1) is 0 Å². The monoisotopic (exact) mass is 406 g/mol. The van der Waals surface area contributed by atoms with Crippen LogP contribution in [0.1, 0.15) is 61.6 Å². The van der Waals surface area contributed by atoms with Gasteiger partial charge in [0.15, 0.2) is 5.65 Å². The van der Waals surface area contributed by atoms with Crippen LogP contribution in [0.15, 0.2) is 39.9 Å². The zero-order valence-electron chi connectivity index (χ0n) is 17.7. The van der Waals surface area contributed by atoms with Gasteiger partial charge in [-0.05, 0) is 43.4 Å². The van der Waals surface area contributed by atoms with E-state index in [1.165, 1.54) is 4.57 Å². The van der Waals surface area contributed by atoms with Gasteiger partial charge in [0.25, 0.3) is 11.5 Å². The summed E-state index contributed by atoms with van der Waals surface area (Å²) in [6.45, 7) is 8.32. The summed E-state index contributed by atoms with van der Waals surface area (Å²) in [5.74, 6) is -0.206. The molecule has 3 aromatic rings. The normalized spacial score (nSPS) is 15.8. The van der Waals surface area contributed by atoms with Gasteiger partial charge in [-0.1, -0.05) is 39.0 Å². The van der Waals surface area contributed by atoms with Crippen LogP contribution in [0.3, 0.4) is 0 Å². The summed E-state index contributed by atoms with van der Waals surface area (Å²) >= 11 is 0. The van der Waals surface area contributed by atoms with E-state index in [9.17, 15) is 14.4 Å². The van der Waals surface area contributed by atoms with E-state index in [-0.39, 0.29) is 28.9 Å². The van der Waals surface area contributed by atoms with Crippen LogP contribution in [-0.4, -0.2) is 26.5 Å². The standard InChI is InChI=1S/C23H26N4O3/c1-5-10-26-20-19(21(28)25-23(26)30)16(12-17(24-20)13(2)3)22(29)27-14(4)11-15-8-6-7-9-18(15)27/h6-9,12-14H,5,10-11H2,1-4H3,(H,25,28,30)/t14-/m0/s1. The first-order valence-electron chi connectivity index (χ1n) is 10.4. The Morgan fingerprint density at radius 3 is 2.70 bits per heavy atom. The number of anilines is 1. The quantitative estimate of drug-likeness (QED) is 0.721. The van der Waals surface area contributed by atoms with Crippen molar-refractivity contribution in [3.8, 4) is 0 Å². The number of carbonyl (C=O) groups excluding carboxylic acids is 1. The van der Waals surface area contributed by atoms with E-state index in [0.717, 1.165) is 17.7 Å². The third kappa shape index (κ3) is 3.14. The minimum absolute atomic E-state index is 0.0266. The number of nitrogens with one attached hydrogen (secondary N) is 1. The Hall–Kier alpha value is -3.22. The molecule has 0 bridgehead atoms. The summed E-state index contributed by atoms with van der Waals surface area (Å²) in [6.07, 6.45) is 1.47. The van der Waals surface area contributed by atoms with Crippen LogP contribution < -0.4 is 16.1 Å². The highest BCUT2D eigenvalue weighted by Gasteiger charge is 2.33. The Labute approximate surface area is 174 Å². The van der Waals surface area contributed by atoms with Crippen LogP contribution in [0.5, 0.6) is 0 Å². The molecule has 1 aromatic carbocycles. The summed E-state index contributed by atoms with van der Waals surface area (Å²) in [7, 11) is 0. The van der Waals surface area contributed by atoms with Gasteiger partial charge in [-0.15, -0.1) is 0 Å². The molecule has 0 saturated carbocycles. The Balaban J connectivity index is 2.01. The van der Waals surface area contributed by atoms with E-state index >= 15 is 0 Å². The second kappa shape index (κ2) is 7.55. The van der Waals surface area contributed by atoms with Gasteiger partial charge in [-0.2, -0.15) is 0 Å². The van der Waals surface area contributed by atoms with Gasteiger partial charge >= 0.3 is 5.69 Å². The molecule has 0 radical (unpaired) electrons. The van der Waals surface area contributed by atoms with Gasteiger partial charge in [0.2, 0.25) is 0 Å². The van der Waals surface area contributed by atoms with E-state index in [4.69, 9.17) is 0 Å². The highest BCUT2D eigenvalue weighted by molar-refractivity contribution is 6.14. The summed E-state index contributed by atoms with van der Waals surface area (Å²) in [4.78, 5) is 47.8. The van der Waals surface area contributed by atoms with Crippen molar-refractivity contribution < 1.29 is 4.79 Å². The molecule has 0 aliphatic carbocycles. The van der Waals surface area contributed by atoms with Crippen molar-refractivity contribution in [1.29, 1.82) is 0 Å². The van der Waals surface area contributed by atoms with Gasteiger partial charge in [0.1, 0.15) is 0 Å². The maximum atomic E-state index is 13.8. The zero-order chi connectivity index (χ0) is 21.6. The predicted molar refractivity (Wildman–Crippen MR) is 117 cm³/mol. The number of H-pyrrole nitrogens is 1. The first kappa shape index (κ1) is 20.1. The summed E-state index contributed by atoms with van der Waals surface area (Å²) < 4.78 is 1.46. The number of para-hydroxylation sites is 1. The molecule has 3 heterocycles. The highest BCUT2D eigenvalue weighted by Crippen LogP contribution is 2.34. The number of rotatable bonds is 4. The molecule has 1 aliphatic rings. The molecule has 0 saturated heterocycles. The number of pyridine rings is 1. The van der Waals surface area contributed by atoms with Gasteiger partial charge in [-0.25, -0.2) is 9.78 Å². The molecule has 30 heavy (non-hydrogen) atoms. The van der Waals surface area contributed by atoms with Crippen molar-refractivity contribution in [2.45, 2.75) is 59.0 Å². The number of aryl methyl sites for hydroxylation is 1. The fourth-order valence-electron chi connectivity index (χ4n) is 4.19. The van der Waals surface area contributed by atoms with Gasteiger partial charge in [0.05, 0.1) is 10.9 Å². The topological polar surface area (TPSA) is 88.1 Å². The van der Waals surface area contributed by atoms with Crippen LogP contribution in [-0.2, 0) is 13.0 Å². The van der Waals surface area contributed by atoms with Crippen LogP contribution >= 0.6 is 0 Å². The molecule has 0 unspecified atom stereocenters. The highest BCUT2D eigenvalue weighted by atomic mass is 16.2. The van der Waals surface area contributed by atoms with Crippen molar-refractivity contribution in [2.24, 2.45) is 0 Å². The summed E-state index contributed by atoms with van der Waals surface area (Å²) in [5.41, 5.74) is 2.15. The van der Waals surface area contributed by atoms with Crippen molar-refractivity contribution in [1.82, 2.24) is 14.5 Å². The molecule has 1 amide bonds. The largest absolute Gasteiger partial charge is 0.329 e. The van der Waals surface area contributed by atoms with Crippen LogP contribution in [0.2, 0.25) is 0 Å². The van der Waals surface area contributed by atoms with Gasteiger partial charge in [0, 0.05) is 24.0 Å². The Kier molecular flexibility index (Phi) is 5.05. The number of benzene rings is 1. The summed E-state index contributed by atoms with van der Waals surface area (Å²) in [6, 6.07) is 9.51. The number of carbonyl (C=O) groups is 1. The molecule has 1 aliphatic heterocycles. The number of nitrogens with zero attached hydrogens (tertiary/aromatic N) is 3. The van der Waals surface area contributed by atoms with E-state index < -0.39 is 11.2 Å². The molecular weight excluding hydrogens is 380 g/mol. The molecule has 1 atom stereocenters. The Bertz CT molecular complexity index is 1260. The van der Waals surface area contributed by atoms with Gasteiger partial charge < -0.3 is 4.90 Å². The number of hydrogen-bond acceptors (Lipinski definition) is 4. The number of amides is 1. The maximum Gasteiger partial charge on any atom is 0.329 e. The average Bonchev–Trinajstić information content (AvgIpc) is 3.05. The zero-order valence-corrected chi connectivity index (χ0v) is 17.7. The molecule has 0 fully saturated rings. The Morgan fingerprint density at radius 1 is 1.27 bits per heavy atom. The van der Waals surface area contributed by atoms with Crippen molar-refractivity contribution in [3.63, 3.8) is 0 Å². The van der Waals surface area contributed by atoms with E-state index in [1.54, 1.807) is 11.0 Å². The lowest BCUT2D eigenvalue weighted by Crippen LogP contribution is -2.38. The van der Waals surface area contributed by atoms with Gasteiger partial charge in [-0.3, -0.25) is 19.1 Å². The SMILES string of the molecule is CCCn1c(=O)[nH]c(=O)c2c(C(=O)N3c4ccccc4C[C@@H]3C)cc(C(C)C)nc21. The fourth-order valence-corrected chi connectivity index (χ4v) is 4.19. The second-order valence-electron chi connectivity index (χ2n) is 8.22. The van der Waals surface area contributed by atoms with Crippen molar-refractivity contribution >= 4 is 22.6 Å². The molecule has 7 heteroatoms. The lowest BCUT2D eigenvalue weighted by molar-refractivity contribution is 0.0982. The minimum atomic E-state index is -0.575. The van der Waals surface area contributed by atoms with E-state index in [2.05, 4.69) is 9.97 Å². The molecule has 156 valence electrons. The Morgan fingerprint density at radius 2 is 2.00 bits per heavy atom. The minimum Gasteiger partial charge on any atom is -0.305 e. The first-order chi connectivity index (χ1) is 14.3. The molecule has 4 rings (SSSR count). The number of aromatic nitrogens is 3. The molecule has 7 nitrogen and oxygen atoms in total. The average molecular weight is 406 g/mol. The molecular formula is C23H26N4O3. The second-order valence-corrected chi connectivity index (χ2v) is 8.22. The molecule has 1 N–H and O–H groups in total. The van der Waals surface area contributed by atoms with Crippen LogP contribution in [0.25, 0.3) is 11.0 Å². The molecule has 2 aromatic heterocycles. The van der Waals surface area contributed by atoms with Crippen molar-refractivity contribution in [3.05, 3.63) is 68.0 Å². The van der Waals surface area contributed by atoms with E-state index in [0.29, 0.717) is 24.2 Å². The lowest BCUT2D eigenvalue weighted by atomic mass is 10.0. The first-order valence-corrected chi connectivity index (χ1v) is 10.4. The predicted octanol–water partition coefficient (Wildman–Crippen LogP) is 3.21. The number of hydrogen-bond donors (Lipinski definition) is 1. The number of fused-ring (bicyclic) bond motifs is 2. The van der Waals surface area contributed by atoms with Crippen molar-refractivity contribution in [2.75, 3.05) is 4.90 Å². The van der Waals surface area contributed by atoms with Crippen LogP contribution in [0.4, 0.5) is 5.69 Å². The summed E-state index contributed by atoms with van der Waals surface area (Å²) in [5, 5.41) is 0.175.